The molecular formula is C19H19N3O2. The molecule has 1 N–H and O–H groups in total. The Morgan fingerprint density at radius 3 is 2.58 bits per heavy atom. The molecule has 0 spiro atoms. The van der Waals surface area contributed by atoms with E-state index in [-0.39, 0.29) is 5.91 Å². The molecule has 0 radical (unpaired) electrons. The van der Waals surface area contributed by atoms with Gasteiger partial charge < -0.3 is 10.1 Å². The summed E-state index contributed by atoms with van der Waals surface area (Å²) in [6, 6.07) is 17.1. The fraction of sp³-hybridized carbons (Fsp3) is 0.158. The molecule has 1 aromatic heterocycles. The molecule has 2 aromatic carbocycles. The molecule has 3 rings (SSSR count). The molecular weight excluding hydrogens is 302 g/mol. The number of nitrogens with zero attached hydrogens (tertiary/aromatic N) is 2. The van der Waals surface area contributed by atoms with Crippen molar-refractivity contribution in [2.24, 2.45) is 0 Å². The van der Waals surface area contributed by atoms with Crippen molar-refractivity contribution in [3.8, 4) is 5.75 Å². The molecule has 3 aromatic rings. The predicted molar refractivity (Wildman–Crippen MR) is 91.9 cm³/mol. The average Bonchev–Trinajstić information content (AvgIpc) is 3.13. The highest BCUT2D eigenvalue weighted by Gasteiger charge is 2.12. The molecule has 0 fully saturated rings. The topological polar surface area (TPSA) is 56.1 Å². The van der Waals surface area contributed by atoms with Crippen molar-refractivity contribution in [1.29, 1.82) is 0 Å². The average molecular weight is 321 g/mol. The van der Waals surface area contributed by atoms with Gasteiger partial charge in [0, 0.05) is 18.9 Å². The van der Waals surface area contributed by atoms with Crippen LogP contribution in [0, 0.1) is 0 Å². The standard InChI is InChI=1S/C19H19N3O2/c1-24-18-10-5-4-9-17(18)19(23)20-13-15-7-2-3-8-16(15)14-22-12-6-11-21-22/h2-12H,13-14H2,1H3,(H,20,23). The van der Waals surface area contributed by atoms with E-state index in [1.807, 2.05) is 53.3 Å². The van der Waals surface area contributed by atoms with Crippen LogP contribution in [0.3, 0.4) is 0 Å². The number of carbonyl (C=O) groups excluding carboxylic acids is 1. The van der Waals surface area contributed by atoms with Crippen molar-refractivity contribution < 1.29 is 9.53 Å². The molecule has 0 aliphatic carbocycles. The summed E-state index contributed by atoms with van der Waals surface area (Å²) >= 11 is 0. The molecule has 0 saturated heterocycles. The van der Waals surface area contributed by atoms with Gasteiger partial charge in [0.05, 0.1) is 19.2 Å². The Balaban J connectivity index is 1.71. The molecule has 1 amide bonds. The van der Waals surface area contributed by atoms with Crippen molar-refractivity contribution in [1.82, 2.24) is 15.1 Å². The van der Waals surface area contributed by atoms with E-state index in [1.54, 1.807) is 25.4 Å². The number of nitrogens with one attached hydrogen (secondary N) is 1. The summed E-state index contributed by atoms with van der Waals surface area (Å²) in [5.74, 6) is 0.418. The summed E-state index contributed by atoms with van der Waals surface area (Å²) < 4.78 is 7.10. The Labute approximate surface area is 140 Å². The number of hydrogen-bond donors (Lipinski definition) is 1. The van der Waals surface area contributed by atoms with Crippen LogP contribution in [0.15, 0.2) is 67.0 Å². The van der Waals surface area contributed by atoms with Crippen LogP contribution in [-0.4, -0.2) is 22.8 Å². The lowest BCUT2D eigenvalue weighted by atomic mass is 10.1. The zero-order valence-electron chi connectivity index (χ0n) is 13.5. The zero-order chi connectivity index (χ0) is 16.8. The largest absolute Gasteiger partial charge is 0.496 e. The van der Waals surface area contributed by atoms with Crippen LogP contribution in [0.4, 0.5) is 0 Å². The number of amides is 1. The minimum Gasteiger partial charge on any atom is -0.496 e. The molecule has 0 saturated carbocycles. The van der Waals surface area contributed by atoms with E-state index in [0.717, 1.165) is 11.1 Å². The maximum absolute atomic E-state index is 12.4. The number of ether oxygens (including phenoxy) is 1. The van der Waals surface area contributed by atoms with E-state index >= 15 is 0 Å². The molecule has 24 heavy (non-hydrogen) atoms. The number of methoxy groups -OCH3 is 1. The van der Waals surface area contributed by atoms with Gasteiger partial charge in [-0.25, -0.2) is 0 Å². The van der Waals surface area contributed by atoms with Gasteiger partial charge in [-0.3, -0.25) is 9.48 Å². The third-order valence-corrected chi connectivity index (χ3v) is 3.80. The first kappa shape index (κ1) is 15.8. The number of para-hydroxylation sites is 1. The summed E-state index contributed by atoms with van der Waals surface area (Å²) in [4.78, 5) is 12.4. The molecule has 5 heteroatoms. The first-order chi connectivity index (χ1) is 11.8. The van der Waals surface area contributed by atoms with E-state index in [4.69, 9.17) is 4.74 Å². The maximum Gasteiger partial charge on any atom is 0.255 e. The van der Waals surface area contributed by atoms with Gasteiger partial charge >= 0.3 is 0 Å². The number of benzene rings is 2. The van der Waals surface area contributed by atoms with Crippen LogP contribution in [0.5, 0.6) is 5.75 Å². The number of rotatable bonds is 6. The second kappa shape index (κ2) is 7.46. The molecule has 122 valence electrons. The van der Waals surface area contributed by atoms with E-state index < -0.39 is 0 Å². The predicted octanol–water partition coefficient (Wildman–Crippen LogP) is 2.87. The van der Waals surface area contributed by atoms with E-state index in [2.05, 4.69) is 10.4 Å². The molecule has 0 aliphatic rings. The maximum atomic E-state index is 12.4. The quantitative estimate of drug-likeness (QED) is 0.759. The Morgan fingerprint density at radius 1 is 1.08 bits per heavy atom. The summed E-state index contributed by atoms with van der Waals surface area (Å²) in [7, 11) is 1.56. The van der Waals surface area contributed by atoms with Crippen LogP contribution < -0.4 is 10.1 Å². The number of hydrogen-bond acceptors (Lipinski definition) is 3. The first-order valence-electron chi connectivity index (χ1n) is 7.73. The first-order valence-corrected chi connectivity index (χ1v) is 7.73. The van der Waals surface area contributed by atoms with Gasteiger partial charge in [0.25, 0.3) is 5.91 Å². The molecule has 1 heterocycles. The van der Waals surface area contributed by atoms with Gasteiger partial charge in [-0.05, 0) is 29.3 Å². The fourth-order valence-corrected chi connectivity index (χ4v) is 2.56. The van der Waals surface area contributed by atoms with Crippen LogP contribution in [-0.2, 0) is 13.1 Å². The second-order valence-electron chi connectivity index (χ2n) is 5.36. The molecule has 0 unspecified atom stereocenters. The smallest absolute Gasteiger partial charge is 0.255 e. The molecule has 0 bridgehead atoms. The highest BCUT2D eigenvalue weighted by atomic mass is 16.5. The Morgan fingerprint density at radius 2 is 1.83 bits per heavy atom. The van der Waals surface area contributed by atoms with E-state index in [0.29, 0.717) is 24.4 Å². The second-order valence-corrected chi connectivity index (χ2v) is 5.36. The van der Waals surface area contributed by atoms with Crippen LogP contribution in [0.2, 0.25) is 0 Å². The molecule has 5 nitrogen and oxygen atoms in total. The zero-order valence-corrected chi connectivity index (χ0v) is 13.5. The lowest BCUT2D eigenvalue weighted by Crippen LogP contribution is -2.24. The monoisotopic (exact) mass is 321 g/mol. The highest BCUT2D eigenvalue weighted by Crippen LogP contribution is 2.17. The number of carbonyl (C=O) groups is 1. The summed E-state index contributed by atoms with van der Waals surface area (Å²) in [5, 5.41) is 7.19. The Bertz CT molecular complexity index is 813. The van der Waals surface area contributed by atoms with Crippen LogP contribution in [0.25, 0.3) is 0 Å². The lowest BCUT2D eigenvalue weighted by molar-refractivity contribution is 0.0948. The minimum absolute atomic E-state index is 0.152. The van der Waals surface area contributed by atoms with Crippen LogP contribution in [0.1, 0.15) is 21.5 Å². The number of aromatic nitrogens is 2. The SMILES string of the molecule is COc1ccccc1C(=O)NCc1ccccc1Cn1cccn1. The Hall–Kier alpha value is -3.08. The third-order valence-electron chi connectivity index (χ3n) is 3.80. The van der Waals surface area contributed by atoms with Gasteiger partial charge in [-0.2, -0.15) is 5.10 Å². The van der Waals surface area contributed by atoms with Crippen molar-refractivity contribution in [2.45, 2.75) is 13.1 Å². The van der Waals surface area contributed by atoms with Gasteiger partial charge in [0.15, 0.2) is 0 Å². The normalized spacial score (nSPS) is 10.4. The van der Waals surface area contributed by atoms with E-state index in [1.165, 1.54) is 0 Å². The summed E-state index contributed by atoms with van der Waals surface area (Å²) in [5.41, 5.74) is 2.72. The van der Waals surface area contributed by atoms with Gasteiger partial charge in [0.1, 0.15) is 5.75 Å². The van der Waals surface area contributed by atoms with Gasteiger partial charge in [0.2, 0.25) is 0 Å². The van der Waals surface area contributed by atoms with Crippen molar-refractivity contribution in [3.63, 3.8) is 0 Å². The van der Waals surface area contributed by atoms with Crippen LogP contribution >= 0.6 is 0 Å². The Kier molecular flexibility index (Phi) is 4.91. The van der Waals surface area contributed by atoms with E-state index in [9.17, 15) is 4.79 Å². The summed E-state index contributed by atoms with van der Waals surface area (Å²) in [6.45, 7) is 1.13. The third kappa shape index (κ3) is 3.63. The molecule has 0 atom stereocenters. The van der Waals surface area contributed by atoms with Gasteiger partial charge in [-0.15, -0.1) is 0 Å². The van der Waals surface area contributed by atoms with Crippen molar-refractivity contribution >= 4 is 5.91 Å². The van der Waals surface area contributed by atoms with Crippen molar-refractivity contribution in [2.75, 3.05) is 7.11 Å². The lowest BCUT2D eigenvalue weighted by Gasteiger charge is -2.12. The molecule has 0 aliphatic heterocycles. The summed E-state index contributed by atoms with van der Waals surface area (Å²) in [6.07, 6.45) is 3.68. The van der Waals surface area contributed by atoms with Gasteiger partial charge in [-0.1, -0.05) is 36.4 Å². The van der Waals surface area contributed by atoms with Crippen molar-refractivity contribution in [3.05, 3.63) is 83.7 Å². The fourth-order valence-electron chi connectivity index (χ4n) is 2.56. The highest BCUT2D eigenvalue weighted by molar-refractivity contribution is 5.96. The minimum atomic E-state index is -0.152.